The first-order valence-electron chi connectivity index (χ1n) is 10.7. The quantitative estimate of drug-likeness (QED) is 0.380. The van der Waals surface area contributed by atoms with Gasteiger partial charge in [-0.05, 0) is 50.5 Å². The average Bonchev–Trinajstić information content (AvgIpc) is 3.44. The Morgan fingerprint density at radius 1 is 1.22 bits per heavy atom. The number of anilines is 1. The zero-order valence-corrected chi connectivity index (χ0v) is 19.0. The van der Waals surface area contributed by atoms with E-state index in [9.17, 15) is 9.59 Å². The predicted molar refractivity (Wildman–Crippen MR) is 121 cm³/mol. The summed E-state index contributed by atoms with van der Waals surface area (Å²) in [5, 5.41) is 8.67. The number of benzene rings is 1. The lowest BCUT2D eigenvalue weighted by molar-refractivity contribution is -0.142. The first-order chi connectivity index (χ1) is 15.6. The van der Waals surface area contributed by atoms with Gasteiger partial charge in [-0.15, -0.1) is 10.2 Å². The van der Waals surface area contributed by atoms with E-state index in [0.717, 1.165) is 18.5 Å². The van der Waals surface area contributed by atoms with Crippen molar-refractivity contribution in [1.29, 1.82) is 0 Å². The molecule has 1 aliphatic heterocycles. The largest absolute Gasteiger partial charge is 0.467 e. The number of amides is 1. The van der Waals surface area contributed by atoms with E-state index in [-0.39, 0.29) is 23.5 Å². The second kappa shape index (κ2) is 10.0. The number of hydrogen-bond acceptors (Lipinski definition) is 7. The standard InChI is InChI=1S/C23H26N4O4S/c1-3-30-21(28)14-20-24-25-23(27(20)15-18-10-7-13-31-18)32-16(2)22(29)26-12-6-9-17-8-4-5-11-19(17)26/h4-5,7-8,10-11,13,16H,3,6,9,12,14-15H2,1-2H3/t16-/m0/s1. The molecular weight excluding hydrogens is 428 g/mol. The molecule has 1 amide bonds. The summed E-state index contributed by atoms with van der Waals surface area (Å²) in [6.45, 7) is 5.01. The maximum Gasteiger partial charge on any atom is 0.313 e. The molecular formula is C23H26N4O4S. The van der Waals surface area contributed by atoms with E-state index in [2.05, 4.69) is 16.3 Å². The average molecular weight is 455 g/mol. The fourth-order valence-corrected chi connectivity index (χ4v) is 4.72. The van der Waals surface area contributed by atoms with Gasteiger partial charge >= 0.3 is 5.97 Å². The minimum atomic E-state index is -0.379. The van der Waals surface area contributed by atoms with Crippen LogP contribution in [0.1, 0.15) is 37.4 Å². The van der Waals surface area contributed by atoms with Gasteiger partial charge in [0.2, 0.25) is 5.91 Å². The Hall–Kier alpha value is -3.07. The van der Waals surface area contributed by atoms with Crippen molar-refractivity contribution in [2.24, 2.45) is 0 Å². The van der Waals surface area contributed by atoms with Gasteiger partial charge in [-0.2, -0.15) is 0 Å². The second-order valence-electron chi connectivity index (χ2n) is 7.53. The first kappa shape index (κ1) is 22.1. The van der Waals surface area contributed by atoms with Crippen LogP contribution >= 0.6 is 11.8 Å². The molecule has 9 heteroatoms. The summed E-state index contributed by atoms with van der Waals surface area (Å²) in [5.41, 5.74) is 2.18. The molecule has 3 aromatic rings. The molecule has 1 atom stereocenters. The molecule has 0 saturated carbocycles. The summed E-state index contributed by atoms with van der Waals surface area (Å²) in [5.74, 6) is 0.846. The minimum absolute atomic E-state index is 0.00391. The Morgan fingerprint density at radius 3 is 2.84 bits per heavy atom. The number of ether oxygens (including phenoxy) is 1. The summed E-state index contributed by atoms with van der Waals surface area (Å²) in [4.78, 5) is 27.2. The number of esters is 1. The highest BCUT2D eigenvalue weighted by Crippen LogP contribution is 2.31. The molecule has 0 saturated heterocycles. The van der Waals surface area contributed by atoms with Crippen LogP contribution in [-0.4, -0.2) is 45.0 Å². The summed E-state index contributed by atoms with van der Waals surface area (Å²) in [6.07, 6.45) is 3.52. The van der Waals surface area contributed by atoms with Crippen molar-refractivity contribution in [2.75, 3.05) is 18.1 Å². The van der Waals surface area contributed by atoms with Crippen LogP contribution in [0, 0.1) is 0 Å². The molecule has 4 rings (SSSR count). The smallest absolute Gasteiger partial charge is 0.313 e. The number of thioether (sulfide) groups is 1. The van der Waals surface area contributed by atoms with Crippen LogP contribution in [0.15, 0.2) is 52.2 Å². The van der Waals surface area contributed by atoms with Gasteiger partial charge in [0, 0.05) is 12.2 Å². The molecule has 0 bridgehead atoms. The Balaban J connectivity index is 1.54. The number of hydrogen-bond donors (Lipinski definition) is 0. The summed E-state index contributed by atoms with van der Waals surface area (Å²) >= 11 is 1.33. The maximum absolute atomic E-state index is 13.3. The number of nitrogens with zero attached hydrogens (tertiary/aromatic N) is 4. The molecule has 1 aliphatic rings. The third kappa shape index (κ3) is 4.88. The number of carbonyl (C=O) groups excluding carboxylic acids is 2. The van der Waals surface area contributed by atoms with E-state index in [1.165, 1.54) is 17.3 Å². The van der Waals surface area contributed by atoms with Crippen LogP contribution < -0.4 is 4.90 Å². The normalized spacial score (nSPS) is 14.1. The first-order valence-corrected chi connectivity index (χ1v) is 11.6. The molecule has 8 nitrogen and oxygen atoms in total. The minimum Gasteiger partial charge on any atom is -0.467 e. The van der Waals surface area contributed by atoms with Gasteiger partial charge in [-0.1, -0.05) is 30.0 Å². The third-order valence-corrected chi connectivity index (χ3v) is 6.37. The second-order valence-corrected chi connectivity index (χ2v) is 8.84. The fourth-order valence-electron chi connectivity index (χ4n) is 3.79. The molecule has 168 valence electrons. The van der Waals surface area contributed by atoms with Gasteiger partial charge in [-0.3, -0.25) is 14.2 Å². The van der Waals surface area contributed by atoms with Gasteiger partial charge in [0.05, 0.1) is 24.7 Å². The van der Waals surface area contributed by atoms with Crippen molar-refractivity contribution in [3.05, 3.63) is 59.8 Å². The number of rotatable bonds is 8. The van der Waals surface area contributed by atoms with Crippen molar-refractivity contribution in [2.45, 2.75) is 50.1 Å². The summed E-state index contributed by atoms with van der Waals surface area (Å²) < 4.78 is 12.4. The highest BCUT2D eigenvalue weighted by molar-refractivity contribution is 8.00. The van der Waals surface area contributed by atoms with Crippen LogP contribution in [0.5, 0.6) is 0 Å². The van der Waals surface area contributed by atoms with E-state index >= 15 is 0 Å². The van der Waals surface area contributed by atoms with Crippen molar-refractivity contribution in [3.8, 4) is 0 Å². The number of carbonyl (C=O) groups is 2. The molecule has 0 unspecified atom stereocenters. The molecule has 0 radical (unpaired) electrons. The lowest BCUT2D eigenvalue weighted by Crippen LogP contribution is -2.40. The predicted octanol–water partition coefficient (Wildman–Crippen LogP) is 3.49. The third-order valence-electron chi connectivity index (χ3n) is 5.30. The zero-order valence-electron chi connectivity index (χ0n) is 18.2. The Morgan fingerprint density at radius 2 is 2.06 bits per heavy atom. The Labute approximate surface area is 190 Å². The lowest BCUT2D eigenvalue weighted by atomic mass is 10.0. The molecule has 0 N–H and O–H groups in total. The molecule has 0 spiro atoms. The van der Waals surface area contributed by atoms with E-state index in [0.29, 0.717) is 36.4 Å². The van der Waals surface area contributed by atoms with Gasteiger partial charge < -0.3 is 14.1 Å². The monoisotopic (exact) mass is 454 g/mol. The van der Waals surface area contributed by atoms with Crippen molar-refractivity contribution in [3.63, 3.8) is 0 Å². The molecule has 32 heavy (non-hydrogen) atoms. The number of fused-ring (bicyclic) bond motifs is 1. The highest BCUT2D eigenvalue weighted by atomic mass is 32.2. The summed E-state index contributed by atoms with van der Waals surface area (Å²) in [6, 6.07) is 11.7. The van der Waals surface area contributed by atoms with Crippen molar-refractivity contribution >= 4 is 29.3 Å². The Kier molecular flexibility index (Phi) is 6.94. The van der Waals surface area contributed by atoms with Crippen LogP contribution in [0.25, 0.3) is 0 Å². The van der Waals surface area contributed by atoms with E-state index < -0.39 is 0 Å². The van der Waals surface area contributed by atoms with Crippen molar-refractivity contribution < 1.29 is 18.7 Å². The SMILES string of the molecule is CCOC(=O)Cc1nnc(S[C@@H](C)C(=O)N2CCCc3ccccc32)n1Cc1ccco1. The van der Waals surface area contributed by atoms with Crippen LogP contribution in [0.4, 0.5) is 5.69 Å². The van der Waals surface area contributed by atoms with E-state index in [1.807, 2.05) is 40.7 Å². The van der Waals surface area contributed by atoms with E-state index in [4.69, 9.17) is 9.15 Å². The van der Waals surface area contributed by atoms with Crippen molar-refractivity contribution in [1.82, 2.24) is 14.8 Å². The van der Waals surface area contributed by atoms with Crippen LogP contribution in [-0.2, 0) is 33.7 Å². The highest BCUT2D eigenvalue weighted by Gasteiger charge is 2.28. The van der Waals surface area contributed by atoms with Crippen LogP contribution in [0.2, 0.25) is 0 Å². The van der Waals surface area contributed by atoms with E-state index in [1.54, 1.807) is 19.3 Å². The maximum atomic E-state index is 13.3. The fraction of sp³-hybridized carbons (Fsp3) is 0.391. The zero-order chi connectivity index (χ0) is 22.5. The molecule has 2 aromatic heterocycles. The molecule has 3 heterocycles. The lowest BCUT2D eigenvalue weighted by Gasteiger charge is -2.31. The number of aryl methyl sites for hydroxylation is 1. The Bertz CT molecular complexity index is 1080. The van der Waals surface area contributed by atoms with Gasteiger partial charge in [0.15, 0.2) is 5.16 Å². The van der Waals surface area contributed by atoms with Gasteiger partial charge in [0.1, 0.15) is 18.0 Å². The molecule has 0 fully saturated rings. The number of furan rings is 1. The topological polar surface area (TPSA) is 90.5 Å². The van der Waals surface area contributed by atoms with Crippen LogP contribution in [0.3, 0.4) is 0 Å². The molecule has 1 aromatic carbocycles. The van der Waals surface area contributed by atoms with Gasteiger partial charge in [-0.25, -0.2) is 0 Å². The van der Waals surface area contributed by atoms with Gasteiger partial charge in [0.25, 0.3) is 0 Å². The number of para-hydroxylation sites is 1. The molecule has 0 aliphatic carbocycles. The summed E-state index contributed by atoms with van der Waals surface area (Å²) in [7, 11) is 0. The number of aromatic nitrogens is 3.